The Hall–Kier alpha value is -2.68. The van der Waals surface area contributed by atoms with E-state index in [9.17, 15) is 13.2 Å². The number of hydrogen-bond acceptors (Lipinski definition) is 5. The molecule has 0 unspecified atom stereocenters. The van der Waals surface area contributed by atoms with Gasteiger partial charge in [-0.3, -0.25) is 9.10 Å². The number of rotatable bonds is 11. The number of benzene rings is 3. The number of nitrogens with zero attached hydrogens (tertiary/aromatic N) is 1. The maximum absolute atomic E-state index is 12.5. The molecule has 174 valence electrons. The molecule has 1 N–H and O–H groups in total. The van der Waals surface area contributed by atoms with Gasteiger partial charge >= 0.3 is 0 Å². The van der Waals surface area contributed by atoms with Crippen molar-refractivity contribution in [3.8, 4) is 11.5 Å². The van der Waals surface area contributed by atoms with Crippen molar-refractivity contribution < 1.29 is 17.9 Å². The minimum absolute atomic E-state index is 0.298. The van der Waals surface area contributed by atoms with Crippen LogP contribution < -0.4 is 14.4 Å². The molecule has 0 radical (unpaired) electrons. The Morgan fingerprint density at radius 3 is 2.39 bits per heavy atom. The van der Waals surface area contributed by atoms with Gasteiger partial charge in [0.1, 0.15) is 12.3 Å². The lowest BCUT2D eigenvalue weighted by atomic mass is 10.2. The van der Waals surface area contributed by atoms with E-state index < -0.39 is 15.9 Å². The summed E-state index contributed by atoms with van der Waals surface area (Å²) >= 11 is 7.79. The van der Waals surface area contributed by atoms with E-state index in [0.29, 0.717) is 34.5 Å². The lowest BCUT2D eigenvalue weighted by molar-refractivity contribution is -0.119. The standard InChI is InChI=1S/C24H25ClN2O4S2/c1-33(29,30)27(22-13-7-8-14-23(22)31-20-10-3-2-4-11-20)17-24(28)26-15-16-32-18-19-9-5-6-12-21(19)25/h2-14H,15-18H2,1H3,(H,26,28). The van der Waals surface area contributed by atoms with Crippen LogP contribution in [0.4, 0.5) is 5.69 Å². The third-order valence-corrected chi connectivity index (χ3v) is 7.08. The number of anilines is 1. The normalized spacial score (nSPS) is 11.1. The predicted octanol–water partition coefficient (Wildman–Crippen LogP) is 4.95. The van der Waals surface area contributed by atoms with Crippen LogP contribution in [0.5, 0.6) is 11.5 Å². The van der Waals surface area contributed by atoms with Crippen LogP contribution in [-0.4, -0.2) is 39.4 Å². The summed E-state index contributed by atoms with van der Waals surface area (Å²) in [6, 6.07) is 23.4. The Morgan fingerprint density at radius 1 is 1.00 bits per heavy atom. The van der Waals surface area contributed by atoms with E-state index in [1.54, 1.807) is 48.2 Å². The van der Waals surface area contributed by atoms with Gasteiger partial charge in [-0.25, -0.2) is 8.42 Å². The van der Waals surface area contributed by atoms with Gasteiger partial charge in [0.25, 0.3) is 0 Å². The molecule has 0 saturated heterocycles. The molecule has 0 fully saturated rings. The third kappa shape index (κ3) is 7.70. The van der Waals surface area contributed by atoms with E-state index in [1.165, 1.54) is 0 Å². The molecule has 0 spiro atoms. The van der Waals surface area contributed by atoms with Crippen LogP contribution in [0.1, 0.15) is 5.56 Å². The number of amides is 1. The first-order valence-electron chi connectivity index (χ1n) is 10.2. The first-order valence-corrected chi connectivity index (χ1v) is 13.6. The number of para-hydroxylation sites is 3. The van der Waals surface area contributed by atoms with Crippen molar-refractivity contribution in [2.45, 2.75) is 5.75 Å². The highest BCUT2D eigenvalue weighted by Crippen LogP contribution is 2.33. The zero-order valence-electron chi connectivity index (χ0n) is 18.1. The van der Waals surface area contributed by atoms with Crippen molar-refractivity contribution in [2.24, 2.45) is 0 Å². The number of halogens is 1. The van der Waals surface area contributed by atoms with Crippen LogP contribution in [0.15, 0.2) is 78.9 Å². The van der Waals surface area contributed by atoms with Crippen molar-refractivity contribution in [1.82, 2.24) is 5.32 Å². The average Bonchev–Trinajstić information content (AvgIpc) is 2.79. The highest BCUT2D eigenvalue weighted by atomic mass is 35.5. The fraction of sp³-hybridized carbons (Fsp3) is 0.208. The van der Waals surface area contributed by atoms with Gasteiger partial charge < -0.3 is 10.1 Å². The minimum Gasteiger partial charge on any atom is -0.455 e. The number of hydrogen-bond donors (Lipinski definition) is 1. The zero-order chi connectivity index (χ0) is 23.7. The average molecular weight is 505 g/mol. The van der Waals surface area contributed by atoms with E-state index in [1.807, 2.05) is 42.5 Å². The highest BCUT2D eigenvalue weighted by Gasteiger charge is 2.24. The predicted molar refractivity (Wildman–Crippen MR) is 136 cm³/mol. The molecule has 0 saturated carbocycles. The Labute approximate surface area is 204 Å². The number of sulfonamides is 1. The van der Waals surface area contributed by atoms with Gasteiger partial charge in [-0.1, -0.05) is 60.1 Å². The largest absolute Gasteiger partial charge is 0.455 e. The molecule has 3 rings (SSSR count). The second-order valence-corrected chi connectivity index (χ2v) is 10.6. The first kappa shape index (κ1) is 25.0. The molecule has 3 aromatic carbocycles. The summed E-state index contributed by atoms with van der Waals surface area (Å²) in [6.45, 7) is 0.0664. The summed E-state index contributed by atoms with van der Waals surface area (Å²) in [6.07, 6.45) is 1.07. The van der Waals surface area contributed by atoms with E-state index in [2.05, 4.69) is 5.32 Å². The molecule has 33 heavy (non-hydrogen) atoms. The van der Waals surface area contributed by atoms with Gasteiger partial charge in [0, 0.05) is 23.1 Å². The van der Waals surface area contributed by atoms with Crippen LogP contribution in [0.3, 0.4) is 0 Å². The van der Waals surface area contributed by atoms with Crippen LogP contribution in [0.25, 0.3) is 0 Å². The molecule has 0 aliphatic carbocycles. The smallest absolute Gasteiger partial charge is 0.240 e. The summed E-state index contributed by atoms with van der Waals surface area (Å²) in [4.78, 5) is 12.5. The molecule has 0 aromatic heterocycles. The van der Waals surface area contributed by atoms with Gasteiger partial charge in [0.2, 0.25) is 15.9 Å². The number of thioether (sulfide) groups is 1. The monoisotopic (exact) mass is 504 g/mol. The Balaban J connectivity index is 1.60. The third-order valence-electron chi connectivity index (χ3n) is 4.58. The van der Waals surface area contributed by atoms with Crippen LogP contribution in [-0.2, 0) is 20.6 Å². The van der Waals surface area contributed by atoms with Crippen molar-refractivity contribution >= 4 is 45.0 Å². The molecule has 0 heterocycles. The summed E-state index contributed by atoms with van der Waals surface area (Å²) < 4.78 is 32.0. The molecule has 0 bridgehead atoms. The maximum atomic E-state index is 12.5. The SMILES string of the molecule is CS(=O)(=O)N(CC(=O)NCCSCc1ccccc1Cl)c1ccccc1Oc1ccccc1. The topological polar surface area (TPSA) is 75.7 Å². The summed E-state index contributed by atoms with van der Waals surface area (Å²) in [5, 5.41) is 3.50. The molecule has 1 amide bonds. The molecular weight excluding hydrogens is 480 g/mol. The van der Waals surface area contributed by atoms with Gasteiger partial charge in [-0.15, -0.1) is 0 Å². The van der Waals surface area contributed by atoms with Crippen LogP contribution in [0.2, 0.25) is 5.02 Å². The lowest BCUT2D eigenvalue weighted by Gasteiger charge is -2.24. The maximum Gasteiger partial charge on any atom is 0.240 e. The van der Waals surface area contributed by atoms with E-state index in [0.717, 1.165) is 21.9 Å². The number of carbonyl (C=O) groups is 1. The second kappa shape index (κ2) is 12.0. The molecule has 0 aliphatic rings. The Kier molecular flexibility index (Phi) is 9.05. The highest BCUT2D eigenvalue weighted by molar-refractivity contribution is 7.98. The van der Waals surface area contributed by atoms with Gasteiger partial charge in [-0.2, -0.15) is 11.8 Å². The molecule has 3 aromatic rings. The molecule has 0 aliphatic heterocycles. The Morgan fingerprint density at radius 2 is 1.67 bits per heavy atom. The number of nitrogens with one attached hydrogen (secondary N) is 1. The fourth-order valence-corrected chi connectivity index (χ4v) is 5.00. The number of carbonyl (C=O) groups excluding carboxylic acids is 1. The van der Waals surface area contributed by atoms with Crippen LogP contribution >= 0.6 is 23.4 Å². The van der Waals surface area contributed by atoms with Crippen molar-refractivity contribution in [3.05, 3.63) is 89.4 Å². The Bertz CT molecular complexity index is 1170. The zero-order valence-corrected chi connectivity index (χ0v) is 20.5. The quantitative estimate of drug-likeness (QED) is 0.374. The summed E-state index contributed by atoms with van der Waals surface area (Å²) in [5.74, 6) is 1.92. The van der Waals surface area contributed by atoms with Gasteiger partial charge in [0.05, 0.1) is 11.9 Å². The second-order valence-electron chi connectivity index (χ2n) is 7.15. The van der Waals surface area contributed by atoms with E-state index in [4.69, 9.17) is 16.3 Å². The van der Waals surface area contributed by atoms with Crippen molar-refractivity contribution in [1.29, 1.82) is 0 Å². The first-order chi connectivity index (χ1) is 15.8. The van der Waals surface area contributed by atoms with Gasteiger partial charge in [0.15, 0.2) is 5.75 Å². The molecule has 0 atom stereocenters. The van der Waals surface area contributed by atoms with Crippen LogP contribution in [0, 0.1) is 0 Å². The molecule has 9 heteroatoms. The van der Waals surface area contributed by atoms with E-state index in [-0.39, 0.29) is 6.54 Å². The lowest BCUT2D eigenvalue weighted by Crippen LogP contribution is -2.41. The number of ether oxygens (including phenoxy) is 1. The minimum atomic E-state index is -3.73. The summed E-state index contributed by atoms with van der Waals surface area (Å²) in [7, 11) is -3.73. The molecular formula is C24H25ClN2O4S2. The fourth-order valence-electron chi connectivity index (χ4n) is 2.99. The molecule has 6 nitrogen and oxygen atoms in total. The summed E-state index contributed by atoms with van der Waals surface area (Å²) in [5.41, 5.74) is 1.33. The van der Waals surface area contributed by atoms with Crippen molar-refractivity contribution in [3.63, 3.8) is 0 Å². The van der Waals surface area contributed by atoms with E-state index >= 15 is 0 Å². The van der Waals surface area contributed by atoms with Gasteiger partial charge in [-0.05, 0) is 35.9 Å². The van der Waals surface area contributed by atoms with Crippen molar-refractivity contribution in [2.75, 3.05) is 29.4 Å².